The molecule has 0 aliphatic rings. The van der Waals surface area contributed by atoms with Crippen molar-refractivity contribution in [1.29, 1.82) is 0 Å². The molecule has 0 unspecified atom stereocenters. The van der Waals surface area contributed by atoms with Crippen molar-refractivity contribution in [3.05, 3.63) is 83.2 Å². The number of rotatable bonds is 6. The zero-order chi connectivity index (χ0) is 22.8. The van der Waals surface area contributed by atoms with Crippen LogP contribution < -0.4 is 4.72 Å². The maximum absolute atomic E-state index is 13.0. The highest BCUT2D eigenvalue weighted by Gasteiger charge is 2.31. The number of halogens is 3. The third-order valence-corrected chi connectivity index (χ3v) is 5.95. The minimum atomic E-state index is -4.53. The number of aromatic nitrogens is 2. The number of amides is 1. The topological polar surface area (TPSA) is 84.3 Å². The molecule has 0 aliphatic carbocycles. The van der Waals surface area contributed by atoms with Gasteiger partial charge in [-0.3, -0.25) is 4.79 Å². The summed E-state index contributed by atoms with van der Waals surface area (Å²) in [7, 11) is -2.84. The third kappa shape index (κ3) is 5.12. The van der Waals surface area contributed by atoms with Crippen LogP contribution in [0.2, 0.25) is 0 Å². The second-order valence-electron chi connectivity index (χ2n) is 6.78. The molecule has 3 aromatic rings. The highest BCUT2D eigenvalue weighted by molar-refractivity contribution is 7.87. The van der Waals surface area contributed by atoms with Crippen LogP contribution in [0.25, 0.3) is 5.69 Å². The molecule has 0 saturated heterocycles. The van der Waals surface area contributed by atoms with E-state index >= 15 is 0 Å². The maximum atomic E-state index is 13.0. The molecule has 1 amide bonds. The van der Waals surface area contributed by atoms with Crippen LogP contribution in [0, 0.1) is 6.92 Å². The van der Waals surface area contributed by atoms with Crippen LogP contribution in [0.5, 0.6) is 0 Å². The van der Waals surface area contributed by atoms with Crippen LogP contribution in [-0.4, -0.2) is 35.5 Å². The van der Waals surface area contributed by atoms with Gasteiger partial charge in [0.05, 0.1) is 28.7 Å². The fraction of sp³-hybridized carbons (Fsp3) is 0.200. The average Bonchev–Trinajstić information content (AvgIpc) is 3.09. The summed E-state index contributed by atoms with van der Waals surface area (Å²) >= 11 is 0. The number of carbonyl (C=O) groups excluding carboxylic acids is 1. The monoisotopic (exact) mass is 452 g/mol. The molecule has 31 heavy (non-hydrogen) atoms. The van der Waals surface area contributed by atoms with Crippen molar-refractivity contribution in [3.63, 3.8) is 0 Å². The molecule has 0 aliphatic heterocycles. The molecule has 0 bridgehead atoms. The van der Waals surface area contributed by atoms with Crippen molar-refractivity contribution in [3.8, 4) is 5.69 Å². The van der Waals surface area contributed by atoms with Gasteiger partial charge in [0.1, 0.15) is 0 Å². The Balaban J connectivity index is 1.80. The van der Waals surface area contributed by atoms with Gasteiger partial charge in [0.15, 0.2) is 0 Å². The Hall–Kier alpha value is -3.18. The molecule has 2 aromatic carbocycles. The first kappa shape index (κ1) is 22.5. The largest absolute Gasteiger partial charge is 0.416 e. The number of benzene rings is 2. The van der Waals surface area contributed by atoms with Crippen molar-refractivity contribution < 1.29 is 26.4 Å². The first-order valence-electron chi connectivity index (χ1n) is 9.03. The van der Waals surface area contributed by atoms with E-state index in [1.807, 2.05) is 4.72 Å². The van der Waals surface area contributed by atoms with Gasteiger partial charge in [-0.05, 0) is 30.7 Å². The predicted octanol–water partition coefficient (Wildman–Crippen LogP) is 3.31. The Kier molecular flexibility index (Phi) is 6.18. The molecule has 11 heteroatoms. The molecule has 3 rings (SSSR count). The summed E-state index contributed by atoms with van der Waals surface area (Å²) in [5.41, 5.74) is 0.0784. The minimum Gasteiger partial charge on any atom is -0.268 e. The van der Waals surface area contributed by atoms with E-state index in [4.69, 9.17) is 0 Å². The van der Waals surface area contributed by atoms with E-state index in [9.17, 15) is 26.4 Å². The van der Waals surface area contributed by atoms with E-state index in [2.05, 4.69) is 5.10 Å². The summed E-state index contributed by atoms with van der Waals surface area (Å²) in [5.74, 6) is -0.935. The molecule has 0 radical (unpaired) electrons. The van der Waals surface area contributed by atoms with Gasteiger partial charge in [-0.15, -0.1) is 0 Å². The number of nitrogens with one attached hydrogen (secondary N) is 1. The first-order chi connectivity index (χ1) is 14.5. The van der Waals surface area contributed by atoms with Gasteiger partial charge in [0.25, 0.3) is 5.91 Å². The summed E-state index contributed by atoms with van der Waals surface area (Å²) in [6.45, 7) is 1.51. The van der Waals surface area contributed by atoms with Crippen molar-refractivity contribution in [2.75, 3.05) is 7.05 Å². The normalized spacial score (nSPS) is 12.2. The van der Waals surface area contributed by atoms with E-state index in [-0.39, 0.29) is 23.5 Å². The molecule has 0 atom stereocenters. The van der Waals surface area contributed by atoms with E-state index < -0.39 is 27.9 Å². The van der Waals surface area contributed by atoms with Crippen LogP contribution in [0.1, 0.15) is 27.2 Å². The molecule has 1 heterocycles. The molecular formula is C20H19F3N4O3S. The highest BCUT2D eigenvalue weighted by Crippen LogP contribution is 2.30. The standard InChI is InChI=1S/C20H19F3N4O3S/c1-14-18(12-24-27(14)17-10-6-9-16(11-17)20(21,22)23)19(28)25-31(29,30)26(2)13-15-7-4-3-5-8-15/h3-12H,13H2,1-2H3,(H,25,28). The van der Waals surface area contributed by atoms with Crippen molar-refractivity contribution >= 4 is 16.1 Å². The van der Waals surface area contributed by atoms with E-state index in [1.54, 1.807) is 30.3 Å². The molecule has 0 fully saturated rings. The van der Waals surface area contributed by atoms with Crippen LogP contribution >= 0.6 is 0 Å². The Labute approximate surface area is 177 Å². The van der Waals surface area contributed by atoms with Crippen molar-refractivity contribution in [1.82, 2.24) is 18.8 Å². The molecule has 1 aromatic heterocycles. The second kappa shape index (κ2) is 8.52. The Morgan fingerprint density at radius 3 is 2.45 bits per heavy atom. The summed E-state index contributed by atoms with van der Waals surface area (Å²) in [6.07, 6.45) is -3.42. The molecule has 0 spiro atoms. The van der Waals surface area contributed by atoms with Crippen molar-refractivity contribution in [2.24, 2.45) is 0 Å². The molecule has 1 N–H and O–H groups in total. The maximum Gasteiger partial charge on any atom is 0.416 e. The SMILES string of the molecule is Cc1c(C(=O)NS(=O)(=O)N(C)Cc2ccccc2)cnn1-c1cccc(C(F)(F)F)c1. The van der Waals surface area contributed by atoms with Gasteiger partial charge in [0.2, 0.25) is 0 Å². The molecular weight excluding hydrogens is 433 g/mol. The summed E-state index contributed by atoms with van der Waals surface area (Å²) in [4.78, 5) is 12.6. The van der Waals surface area contributed by atoms with Crippen LogP contribution in [0.15, 0.2) is 60.8 Å². The average molecular weight is 452 g/mol. The second-order valence-corrected chi connectivity index (χ2v) is 8.56. The number of hydrogen-bond acceptors (Lipinski definition) is 4. The van der Waals surface area contributed by atoms with Gasteiger partial charge in [-0.1, -0.05) is 36.4 Å². The van der Waals surface area contributed by atoms with Gasteiger partial charge >= 0.3 is 16.4 Å². The van der Waals surface area contributed by atoms with Crippen LogP contribution in [-0.2, 0) is 22.9 Å². The quantitative estimate of drug-likeness (QED) is 0.622. The lowest BCUT2D eigenvalue weighted by atomic mass is 10.2. The third-order valence-electron chi connectivity index (χ3n) is 4.55. The fourth-order valence-electron chi connectivity index (χ4n) is 2.88. The Morgan fingerprint density at radius 2 is 1.81 bits per heavy atom. The van der Waals surface area contributed by atoms with Gasteiger partial charge in [0, 0.05) is 13.6 Å². The molecule has 7 nitrogen and oxygen atoms in total. The lowest BCUT2D eigenvalue weighted by Crippen LogP contribution is -2.41. The lowest BCUT2D eigenvalue weighted by molar-refractivity contribution is -0.137. The van der Waals surface area contributed by atoms with Crippen LogP contribution in [0.3, 0.4) is 0 Å². The highest BCUT2D eigenvalue weighted by atomic mass is 32.2. The number of hydrogen-bond donors (Lipinski definition) is 1. The smallest absolute Gasteiger partial charge is 0.268 e. The van der Waals surface area contributed by atoms with Crippen molar-refractivity contribution in [2.45, 2.75) is 19.6 Å². The van der Waals surface area contributed by atoms with Gasteiger partial charge in [-0.2, -0.15) is 31.0 Å². The molecule has 0 saturated carbocycles. The zero-order valence-corrected chi connectivity index (χ0v) is 17.4. The zero-order valence-electron chi connectivity index (χ0n) is 16.6. The van der Waals surface area contributed by atoms with E-state index in [1.165, 1.54) is 26.1 Å². The van der Waals surface area contributed by atoms with Gasteiger partial charge in [-0.25, -0.2) is 9.40 Å². The summed E-state index contributed by atoms with van der Waals surface area (Å²) in [5, 5.41) is 3.95. The Morgan fingerprint density at radius 1 is 1.13 bits per heavy atom. The minimum absolute atomic E-state index is 0.0476. The molecule has 164 valence electrons. The van der Waals surface area contributed by atoms with E-state index in [0.717, 1.165) is 32.9 Å². The lowest BCUT2D eigenvalue weighted by Gasteiger charge is -2.17. The van der Waals surface area contributed by atoms with Gasteiger partial charge < -0.3 is 0 Å². The predicted molar refractivity (Wildman–Crippen MR) is 108 cm³/mol. The Bertz CT molecular complexity index is 1190. The summed E-state index contributed by atoms with van der Waals surface area (Å²) < 4.78 is 68.0. The fourth-order valence-corrected chi connectivity index (χ4v) is 3.70. The number of nitrogens with zero attached hydrogens (tertiary/aromatic N) is 3. The van der Waals surface area contributed by atoms with E-state index in [0.29, 0.717) is 0 Å². The number of alkyl halides is 3. The summed E-state index contributed by atoms with van der Waals surface area (Å²) in [6, 6.07) is 13.3. The van der Waals surface area contributed by atoms with Crippen LogP contribution in [0.4, 0.5) is 13.2 Å². The first-order valence-corrected chi connectivity index (χ1v) is 10.5. The number of carbonyl (C=O) groups is 1.